The van der Waals surface area contributed by atoms with Crippen LogP contribution in [0.2, 0.25) is 0 Å². The summed E-state index contributed by atoms with van der Waals surface area (Å²) in [5, 5.41) is 3.07. The Morgan fingerprint density at radius 1 is 1.35 bits per heavy atom. The lowest BCUT2D eigenvalue weighted by Crippen LogP contribution is -2.33. The molecule has 2 unspecified atom stereocenters. The van der Waals surface area contributed by atoms with Gasteiger partial charge in [0.15, 0.2) is 0 Å². The van der Waals surface area contributed by atoms with Gasteiger partial charge >= 0.3 is 0 Å². The first-order chi connectivity index (χ1) is 12.6. The Balaban J connectivity index is 1.67. The van der Waals surface area contributed by atoms with Crippen LogP contribution in [0.25, 0.3) is 10.2 Å². The Morgan fingerprint density at radius 2 is 2.15 bits per heavy atom. The van der Waals surface area contributed by atoms with Gasteiger partial charge in [0.05, 0.1) is 22.4 Å². The number of hydrogen-bond acceptors (Lipinski definition) is 3. The van der Waals surface area contributed by atoms with Gasteiger partial charge in [0.25, 0.3) is 5.91 Å². The van der Waals surface area contributed by atoms with Crippen molar-refractivity contribution in [1.29, 1.82) is 0 Å². The quantitative estimate of drug-likeness (QED) is 0.719. The summed E-state index contributed by atoms with van der Waals surface area (Å²) in [5.74, 6) is -0.0238. The van der Waals surface area contributed by atoms with E-state index in [1.54, 1.807) is 11.3 Å². The molecule has 1 amide bonds. The molecule has 2 atom stereocenters. The second-order valence-corrected chi connectivity index (χ2v) is 8.23. The lowest BCUT2D eigenvalue weighted by atomic mass is 10.1. The summed E-state index contributed by atoms with van der Waals surface area (Å²) >= 11 is 1.74. The monoisotopic (exact) mass is 368 g/mol. The van der Waals surface area contributed by atoms with Crippen LogP contribution in [0.4, 0.5) is 0 Å². The molecule has 1 aliphatic rings. The number of thiophene rings is 1. The van der Waals surface area contributed by atoms with E-state index in [4.69, 9.17) is 4.74 Å². The van der Waals surface area contributed by atoms with Crippen molar-refractivity contribution >= 4 is 27.5 Å². The highest BCUT2D eigenvalue weighted by molar-refractivity contribution is 7.19. The van der Waals surface area contributed by atoms with E-state index in [2.05, 4.69) is 41.9 Å². The molecule has 5 heteroatoms. The number of carbonyl (C=O) groups is 1. The van der Waals surface area contributed by atoms with Crippen molar-refractivity contribution in [3.8, 4) is 0 Å². The summed E-state index contributed by atoms with van der Waals surface area (Å²) in [5.41, 5.74) is 3.05. The molecule has 0 bridgehead atoms. The fraction of sp³-hybridized carbons (Fsp3) is 0.381. The molecule has 1 saturated heterocycles. The molecule has 4 nitrogen and oxygen atoms in total. The van der Waals surface area contributed by atoms with Crippen LogP contribution in [-0.4, -0.2) is 29.7 Å². The number of aromatic nitrogens is 1. The topological polar surface area (TPSA) is 43.3 Å². The van der Waals surface area contributed by atoms with Gasteiger partial charge in [-0.3, -0.25) is 4.79 Å². The SMILES string of the molecule is Cc1cc2c(cc(C(=O)NCC3CCCO3)n2C(C)c2ccccc2)s1. The fourth-order valence-corrected chi connectivity index (χ4v) is 4.66. The number of ether oxygens (including phenoxy) is 1. The van der Waals surface area contributed by atoms with Crippen LogP contribution in [0.1, 0.15) is 46.7 Å². The molecule has 1 aromatic carbocycles. The first-order valence-corrected chi connectivity index (χ1v) is 10.0. The van der Waals surface area contributed by atoms with Gasteiger partial charge in [-0.1, -0.05) is 30.3 Å². The summed E-state index contributed by atoms with van der Waals surface area (Å²) in [6.07, 6.45) is 2.25. The zero-order valence-corrected chi connectivity index (χ0v) is 16.0. The number of amides is 1. The van der Waals surface area contributed by atoms with Crippen molar-refractivity contribution in [2.75, 3.05) is 13.2 Å². The number of carbonyl (C=O) groups excluding carboxylic acids is 1. The van der Waals surface area contributed by atoms with Crippen molar-refractivity contribution in [3.05, 3.63) is 58.6 Å². The summed E-state index contributed by atoms with van der Waals surface area (Å²) in [7, 11) is 0. The summed E-state index contributed by atoms with van der Waals surface area (Å²) in [6.45, 7) is 5.64. The van der Waals surface area contributed by atoms with Crippen LogP contribution in [0.15, 0.2) is 42.5 Å². The number of hydrogen-bond donors (Lipinski definition) is 1. The first kappa shape index (κ1) is 17.3. The van der Waals surface area contributed by atoms with E-state index < -0.39 is 0 Å². The van der Waals surface area contributed by atoms with E-state index in [-0.39, 0.29) is 18.1 Å². The number of rotatable bonds is 5. The molecule has 0 spiro atoms. The van der Waals surface area contributed by atoms with Crippen LogP contribution >= 0.6 is 11.3 Å². The molecule has 3 heterocycles. The second-order valence-electron chi connectivity index (χ2n) is 6.94. The van der Waals surface area contributed by atoms with Crippen molar-refractivity contribution in [2.45, 2.75) is 38.8 Å². The van der Waals surface area contributed by atoms with Crippen LogP contribution < -0.4 is 5.32 Å². The second kappa shape index (κ2) is 7.25. The lowest BCUT2D eigenvalue weighted by Gasteiger charge is -2.19. The Bertz CT molecular complexity index is 907. The Kier molecular flexibility index (Phi) is 4.83. The summed E-state index contributed by atoms with van der Waals surface area (Å²) in [4.78, 5) is 14.2. The van der Waals surface area contributed by atoms with Crippen molar-refractivity contribution in [1.82, 2.24) is 9.88 Å². The third-order valence-corrected chi connectivity index (χ3v) is 6.05. The van der Waals surface area contributed by atoms with Gasteiger partial charge in [0.2, 0.25) is 0 Å². The number of aryl methyl sites for hydroxylation is 1. The van der Waals surface area contributed by atoms with Crippen molar-refractivity contribution < 1.29 is 9.53 Å². The van der Waals surface area contributed by atoms with Gasteiger partial charge in [-0.05, 0) is 44.4 Å². The molecule has 3 aromatic rings. The third kappa shape index (κ3) is 3.29. The highest BCUT2D eigenvalue weighted by Crippen LogP contribution is 2.33. The lowest BCUT2D eigenvalue weighted by molar-refractivity contribution is 0.0850. The van der Waals surface area contributed by atoms with Gasteiger partial charge in [-0.25, -0.2) is 0 Å². The molecular weight excluding hydrogens is 344 g/mol. The van der Waals surface area contributed by atoms with E-state index in [0.29, 0.717) is 6.54 Å². The normalized spacial score (nSPS) is 18.3. The number of nitrogens with zero attached hydrogens (tertiary/aromatic N) is 1. The van der Waals surface area contributed by atoms with E-state index in [0.717, 1.165) is 35.4 Å². The fourth-order valence-electron chi connectivity index (χ4n) is 3.71. The third-order valence-electron chi connectivity index (χ3n) is 5.07. The maximum Gasteiger partial charge on any atom is 0.268 e. The molecule has 1 aliphatic heterocycles. The number of benzene rings is 1. The molecule has 1 fully saturated rings. The first-order valence-electron chi connectivity index (χ1n) is 9.19. The van der Waals surface area contributed by atoms with Crippen LogP contribution in [0, 0.1) is 6.92 Å². The average molecular weight is 369 g/mol. The largest absolute Gasteiger partial charge is 0.376 e. The zero-order chi connectivity index (χ0) is 18.1. The molecule has 4 rings (SSSR count). The smallest absolute Gasteiger partial charge is 0.268 e. The van der Waals surface area contributed by atoms with E-state index >= 15 is 0 Å². The van der Waals surface area contributed by atoms with Crippen molar-refractivity contribution in [2.24, 2.45) is 0 Å². The maximum absolute atomic E-state index is 12.9. The molecule has 26 heavy (non-hydrogen) atoms. The summed E-state index contributed by atoms with van der Waals surface area (Å²) < 4.78 is 8.95. The highest BCUT2D eigenvalue weighted by atomic mass is 32.1. The minimum absolute atomic E-state index is 0.0238. The Hall–Kier alpha value is -2.11. The molecule has 2 aromatic heterocycles. The molecule has 1 N–H and O–H groups in total. The van der Waals surface area contributed by atoms with Crippen LogP contribution in [0.3, 0.4) is 0 Å². The molecule has 0 aliphatic carbocycles. The minimum atomic E-state index is -0.0238. The van der Waals surface area contributed by atoms with E-state index in [1.165, 1.54) is 10.4 Å². The molecule has 136 valence electrons. The Labute approximate surface area is 157 Å². The zero-order valence-electron chi connectivity index (χ0n) is 15.2. The van der Waals surface area contributed by atoms with E-state index in [9.17, 15) is 4.79 Å². The average Bonchev–Trinajstić information content (AvgIpc) is 3.35. The van der Waals surface area contributed by atoms with E-state index in [1.807, 2.05) is 24.3 Å². The van der Waals surface area contributed by atoms with Crippen molar-refractivity contribution in [3.63, 3.8) is 0 Å². The predicted octanol–water partition coefficient (Wildman–Crippen LogP) is 4.53. The van der Waals surface area contributed by atoms with Crippen LogP contribution in [-0.2, 0) is 4.74 Å². The molecule has 0 radical (unpaired) electrons. The molecule has 0 saturated carbocycles. The van der Waals surface area contributed by atoms with Gasteiger partial charge in [0.1, 0.15) is 5.69 Å². The maximum atomic E-state index is 12.9. The number of nitrogens with one attached hydrogen (secondary N) is 1. The predicted molar refractivity (Wildman–Crippen MR) is 106 cm³/mol. The van der Waals surface area contributed by atoms with Gasteiger partial charge < -0.3 is 14.6 Å². The highest BCUT2D eigenvalue weighted by Gasteiger charge is 2.23. The summed E-state index contributed by atoms with van der Waals surface area (Å²) in [6, 6.07) is 14.6. The Morgan fingerprint density at radius 3 is 2.88 bits per heavy atom. The standard InChI is InChI=1S/C21H24N2O2S/c1-14-11-18-20(26-14)12-19(21(24)22-13-17-9-6-10-25-17)23(18)15(2)16-7-4-3-5-8-16/h3-5,7-8,11-12,15,17H,6,9-10,13H2,1-2H3,(H,22,24). The van der Waals surface area contributed by atoms with Gasteiger partial charge in [-0.2, -0.15) is 0 Å². The van der Waals surface area contributed by atoms with Crippen LogP contribution in [0.5, 0.6) is 0 Å². The molecular formula is C21H24N2O2S. The number of fused-ring (bicyclic) bond motifs is 1. The van der Waals surface area contributed by atoms with Gasteiger partial charge in [0, 0.05) is 18.0 Å². The minimum Gasteiger partial charge on any atom is -0.376 e. The van der Waals surface area contributed by atoms with Gasteiger partial charge in [-0.15, -0.1) is 11.3 Å².